The van der Waals surface area contributed by atoms with Gasteiger partial charge in [-0.15, -0.1) is 0 Å². The summed E-state index contributed by atoms with van der Waals surface area (Å²) < 4.78 is 0. The van der Waals surface area contributed by atoms with Crippen molar-refractivity contribution < 1.29 is 43.8 Å². The Kier molecular flexibility index (Phi) is 10.7. The Morgan fingerprint density at radius 2 is 1.45 bits per heavy atom. The van der Waals surface area contributed by atoms with Gasteiger partial charge in [0.05, 0.1) is 18.9 Å². The SMILES string of the molecule is NC(=O)CCC(NC(=O)C1CCCN1)C(=O)NC(CC(N)=O)C(=O)NC(CC(=O)O)C(=O)O. The van der Waals surface area contributed by atoms with Crippen LogP contribution in [0.1, 0.15) is 38.5 Å². The second-order valence-electron chi connectivity index (χ2n) is 7.44. The van der Waals surface area contributed by atoms with E-state index in [0.29, 0.717) is 13.0 Å². The van der Waals surface area contributed by atoms with Gasteiger partial charge in [-0.05, 0) is 25.8 Å². The van der Waals surface area contributed by atoms with Crippen LogP contribution in [0.25, 0.3) is 0 Å². The van der Waals surface area contributed by atoms with Crippen LogP contribution in [0, 0.1) is 0 Å². The molecule has 0 aromatic heterocycles. The van der Waals surface area contributed by atoms with E-state index in [2.05, 4.69) is 16.0 Å². The maximum absolute atomic E-state index is 12.8. The zero-order valence-corrected chi connectivity index (χ0v) is 17.7. The van der Waals surface area contributed by atoms with Gasteiger partial charge in [0, 0.05) is 6.42 Å². The van der Waals surface area contributed by atoms with E-state index in [1.54, 1.807) is 0 Å². The molecule has 1 saturated heterocycles. The molecule has 4 atom stereocenters. The summed E-state index contributed by atoms with van der Waals surface area (Å²) in [5, 5.41) is 27.4. The number of hydrogen-bond donors (Lipinski definition) is 8. The summed E-state index contributed by atoms with van der Waals surface area (Å²) >= 11 is 0. The van der Waals surface area contributed by atoms with Gasteiger partial charge >= 0.3 is 11.9 Å². The van der Waals surface area contributed by atoms with Crippen LogP contribution in [0.2, 0.25) is 0 Å². The molecule has 4 unspecified atom stereocenters. The third-order valence-electron chi connectivity index (χ3n) is 4.72. The number of carbonyl (C=O) groups excluding carboxylic acids is 5. The first-order valence-electron chi connectivity index (χ1n) is 10.1. The van der Waals surface area contributed by atoms with Gasteiger partial charge in [0.1, 0.15) is 18.1 Å². The van der Waals surface area contributed by atoms with Gasteiger partial charge in [0.25, 0.3) is 0 Å². The molecule has 33 heavy (non-hydrogen) atoms. The molecule has 15 heteroatoms. The molecule has 5 amide bonds. The summed E-state index contributed by atoms with van der Waals surface area (Å²) in [4.78, 5) is 82.1. The van der Waals surface area contributed by atoms with Gasteiger partial charge in [0.2, 0.25) is 29.5 Å². The highest BCUT2D eigenvalue weighted by Crippen LogP contribution is 2.07. The normalized spacial score (nSPS) is 17.8. The number of nitrogens with two attached hydrogens (primary N) is 2. The summed E-state index contributed by atoms with van der Waals surface area (Å²) in [6, 6.07) is -5.35. The standard InChI is InChI=1S/C18H28N6O9/c19-12(25)4-3-9(22-15(29)8-2-1-5-21-8)16(30)23-10(6-13(20)26)17(31)24-11(18(32)33)7-14(27)28/h8-11,21H,1-7H2,(H2,19,25)(H2,20,26)(H,22,29)(H,23,30)(H,24,31)(H,27,28)(H,32,33). The maximum atomic E-state index is 12.8. The summed E-state index contributed by atoms with van der Waals surface area (Å²) in [7, 11) is 0. The number of amides is 5. The second-order valence-corrected chi connectivity index (χ2v) is 7.44. The Balaban J connectivity index is 2.96. The third kappa shape index (κ3) is 9.94. The Morgan fingerprint density at radius 3 is 1.94 bits per heavy atom. The predicted octanol–water partition coefficient (Wildman–Crippen LogP) is -4.11. The van der Waals surface area contributed by atoms with E-state index in [0.717, 1.165) is 6.42 Å². The fraction of sp³-hybridized carbons (Fsp3) is 0.611. The van der Waals surface area contributed by atoms with E-state index < -0.39 is 78.5 Å². The average Bonchev–Trinajstić information content (AvgIpc) is 3.23. The van der Waals surface area contributed by atoms with Gasteiger partial charge in [0.15, 0.2) is 0 Å². The molecule has 0 aromatic rings. The van der Waals surface area contributed by atoms with Crippen LogP contribution < -0.4 is 32.7 Å². The molecule has 184 valence electrons. The van der Waals surface area contributed by atoms with Crippen molar-refractivity contribution in [1.82, 2.24) is 21.3 Å². The summed E-state index contributed by atoms with van der Waals surface area (Å²) in [6.07, 6.45) is -0.896. The molecule has 1 heterocycles. The van der Waals surface area contributed by atoms with E-state index in [-0.39, 0.29) is 12.8 Å². The molecule has 1 aliphatic heterocycles. The number of hydrogen-bond acceptors (Lipinski definition) is 8. The van der Waals surface area contributed by atoms with E-state index >= 15 is 0 Å². The average molecular weight is 472 g/mol. The van der Waals surface area contributed by atoms with Crippen molar-refractivity contribution in [3.63, 3.8) is 0 Å². The van der Waals surface area contributed by atoms with Crippen LogP contribution in [0.4, 0.5) is 0 Å². The molecule has 0 aliphatic carbocycles. The largest absolute Gasteiger partial charge is 0.481 e. The van der Waals surface area contributed by atoms with Crippen LogP contribution in [0.5, 0.6) is 0 Å². The molecule has 0 bridgehead atoms. The quantitative estimate of drug-likeness (QED) is 0.121. The number of aliphatic carboxylic acids is 2. The Bertz CT molecular complexity index is 796. The number of nitrogens with one attached hydrogen (secondary N) is 4. The molecule has 15 nitrogen and oxygen atoms in total. The van der Waals surface area contributed by atoms with Crippen LogP contribution in [0.15, 0.2) is 0 Å². The zero-order chi connectivity index (χ0) is 25.1. The van der Waals surface area contributed by atoms with E-state index in [9.17, 15) is 33.6 Å². The van der Waals surface area contributed by atoms with Crippen molar-refractivity contribution in [3.05, 3.63) is 0 Å². The molecule has 0 aromatic carbocycles. The van der Waals surface area contributed by atoms with Gasteiger partial charge < -0.3 is 42.9 Å². The Morgan fingerprint density at radius 1 is 0.848 bits per heavy atom. The van der Waals surface area contributed by atoms with Crippen molar-refractivity contribution in [2.24, 2.45) is 11.5 Å². The van der Waals surface area contributed by atoms with Crippen molar-refractivity contribution in [2.75, 3.05) is 6.54 Å². The molecule has 0 radical (unpaired) electrons. The van der Waals surface area contributed by atoms with Crippen LogP contribution in [0.3, 0.4) is 0 Å². The van der Waals surface area contributed by atoms with Crippen LogP contribution >= 0.6 is 0 Å². The van der Waals surface area contributed by atoms with Crippen LogP contribution in [-0.2, 0) is 33.6 Å². The van der Waals surface area contributed by atoms with Crippen molar-refractivity contribution in [3.8, 4) is 0 Å². The summed E-state index contributed by atoms with van der Waals surface area (Å²) in [5.41, 5.74) is 10.2. The number of primary amides is 2. The lowest BCUT2D eigenvalue weighted by Crippen LogP contribution is -2.58. The smallest absolute Gasteiger partial charge is 0.326 e. The number of carboxylic acid groups (broad SMARTS) is 2. The van der Waals surface area contributed by atoms with Gasteiger partial charge in [-0.2, -0.15) is 0 Å². The summed E-state index contributed by atoms with van der Waals surface area (Å²) in [6.45, 7) is 0.609. The molecular formula is C18H28N6O9. The molecular weight excluding hydrogens is 444 g/mol. The fourth-order valence-electron chi connectivity index (χ4n) is 3.07. The van der Waals surface area contributed by atoms with Gasteiger partial charge in [-0.1, -0.05) is 0 Å². The summed E-state index contributed by atoms with van der Waals surface area (Å²) in [5.74, 6) is -7.56. The first-order chi connectivity index (χ1) is 15.4. The minimum atomic E-state index is -1.83. The lowest BCUT2D eigenvalue weighted by atomic mass is 10.1. The highest BCUT2D eigenvalue weighted by molar-refractivity contribution is 5.96. The first-order valence-corrected chi connectivity index (χ1v) is 10.1. The lowest BCUT2D eigenvalue weighted by Gasteiger charge is -2.24. The zero-order valence-electron chi connectivity index (χ0n) is 17.7. The molecule has 1 rings (SSSR count). The number of rotatable bonds is 14. The molecule has 1 aliphatic rings. The van der Waals surface area contributed by atoms with E-state index in [4.69, 9.17) is 21.7 Å². The Hall–Kier alpha value is -3.75. The topological polar surface area (TPSA) is 260 Å². The predicted molar refractivity (Wildman–Crippen MR) is 109 cm³/mol. The monoisotopic (exact) mass is 472 g/mol. The van der Waals surface area contributed by atoms with Crippen molar-refractivity contribution in [2.45, 2.75) is 62.7 Å². The first kappa shape index (κ1) is 27.3. The molecule has 0 spiro atoms. The van der Waals surface area contributed by atoms with E-state index in [1.807, 2.05) is 5.32 Å². The minimum Gasteiger partial charge on any atom is -0.481 e. The molecule has 0 saturated carbocycles. The van der Waals surface area contributed by atoms with E-state index in [1.165, 1.54) is 0 Å². The fourth-order valence-corrected chi connectivity index (χ4v) is 3.07. The number of carbonyl (C=O) groups is 7. The van der Waals surface area contributed by atoms with Gasteiger partial charge in [-0.25, -0.2) is 4.79 Å². The second kappa shape index (κ2) is 12.9. The van der Waals surface area contributed by atoms with Crippen molar-refractivity contribution in [1.29, 1.82) is 0 Å². The lowest BCUT2D eigenvalue weighted by molar-refractivity contribution is -0.147. The van der Waals surface area contributed by atoms with Crippen molar-refractivity contribution >= 4 is 41.5 Å². The minimum absolute atomic E-state index is 0.207. The maximum Gasteiger partial charge on any atom is 0.326 e. The van der Waals surface area contributed by atoms with Crippen LogP contribution in [-0.4, -0.2) is 82.4 Å². The third-order valence-corrected chi connectivity index (χ3v) is 4.72. The highest BCUT2D eigenvalue weighted by Gasteiger charge is 2.32. The molecule has 10 N–H and O–H groups in total. The van der Waals surface area contributed by atoms with Gasteiger partial charge in [-0.3, -0.25) is 28.8 Å². The Labute approximate surface area is 188 Å². The highest BCUT2D eigenvalue weighted by atomic mass is 16.4. The number of carboxylic acids is 2. The molecule has 1 fully saturated rings.